The molecule has 3 aromatic heterocycles. The fourth-order valence-corrected chi connectivity index (χ4v) is 2.91. The number of urea groups is 1. The summed E-state index contributed by atoms with van der Waals surface area (Å²) in [4.78, 5) is 33.4. The molecule has 10 nitrogen and oxygen atoms in total. The van der Waals surface area contributed by atoms with Crippen LogP contribution in [0.2, 0.25) is 0 Å². The topological polar surface area (TPSA) is 126 Å². The van der Waals surface area contributed by atoms with E-state index in [-0.39, 0.29) is 11.7 Å². The highest BCUT2D eigenvalue weighted by atomic mass is 16.5. The average molecular weight is 417 g/mol. The van der Waals surface area contributed by atoms with E-state index < -0.39 is 11.9 Å². The molecule has 0 aromatic carbocycles. The molecule has 1 aliphatic carbocycles. The minimum atomic E-state index is -0.824. The summed E-state index contributed by atoms with van der Waals surface area (Å²) >= 11 is 0. The van der Waals surface area contributed by atoms with Crippen molar-refractivity contribution in [2.24, 2.45) is 13.0 Å². The highest BCUT2D eigenvalue weighted by molar-refractivity contribution is 6.03. The lowest BCUT2D eigenvalue weighted by molar-refractivity contribution is -0.126. The molecule has 1 aliphatic rings. The number of carbonyl (C=O) groups excluding carboxylic acids is 2. The van der Waals surface area contributed by atoms with Crippen molar-refractivity contribution in [3.8, 4) is 28.9 Å². The Bertz CT molecular complexity index is 1190. The van der Waals surface area contributed by atoms with Gasteiger partial charge in [0.25, 0.3) is 0 Å². The second-order valence-corrected chi connectivity index (χ2v) is 7.14. The lowest BCUT2D eigenvalue weighted by Gasteiger charge is -2.14. The van der Waals surface area contributed by atoms with Crippen molar-refractivity contribution in [1.82, 2.24) is 24.6 Å². The third kappa shape index (κ3) is 4.51. The van der Waals surface area contributed by atoms with Crippen LogP contribution in [0, 0.1) is 24.3 Å². The zero-order valence-electron chi connectivity index (χ0n) is 16.9. The molecule has 0 unspecified atom stereocenters. The van der Waals surface area contributed by atoms with Gasteiger partial charge in [-0.05, 0) is 38.0 Å². The zero-order valence-corrected chi connectivity index (χ0v) is 16.9. The highest BCUT2D eigenvalue weighted by Gasteiger charge is 2.36. The summed E-state index contributed by atoms with van der Waals surface area (Å²) in [6.07, 6.45) is 8.24. The van der Waals surface area contributed by atoms with Crippen LogP contribution >= 0.6 is 0 Å². The second-order valence-electron chi connectivity index (χ2n) is 7.14. The normalized spacial score (nSPS) is 12.7. The molecule has 0 bridgehead atoms. The molecule has 0 aliphatic heterocycles. The van der Waals surface area contributed by atoms with E-state index >= 15 is 0 Å². The first-order valence-electron chi connectivity index (χ1n) is 9.60. The monoisotopic (exact) mass is 417 g/mol. The number of carbonyl (C=O) groups is 2. The Balaban J connectivity index is 1.46. The number of aromatic nitrogens is 4. The maximum absolute atomic E-state index is 12.3. The number of aryl methyl sites for hydroxylation is 2. The number of rotatable bonds is 5. The fourth-order valence-electron chi connectivity index (χ4n) is 2.91. The third-order valence-electron chi connectivity index (χ3n) is 4.68. The summed E-state index contributed by atoms with van der Waals surface area (Å²) in [5.74, 6) is 0.546. The van der Waals surface area contributed by atoms with Crippen molar-refractivity contribution >= 4 is 17.8 Å². The molecule has 1 saturated carbocycles. The van der Waals surface area contributed by atoms with Crippen LogP contribution in [0.4, 0.5) is 10.6 Å². The van der Waals surface area contributed by atoms with Gasteiger partial charge in [0, 0.05) is 37.0 Å². The van der Waals surface area contributed by atoms with E-state index in [0.29, 0.717) is 34.9 Å². The van der Waals surface area contributed by atoms with Crippen molar-refractivity contribution in [2.45, 2.75) is 19.8 Å². The molecular formula is C21H19N7O3. The molecule has 10 heteroatoms. The quantitative estimate of drug-likeness (QED) is 0.499. The fraction of sp³-hybridized carbons (Fsp3) is 0.238. The molecule has 0 atom stereocenters. The standard InChI is InChI=1S/C21H19N7O3/c1-13-18(31-16-7-8-23-17(9-16)15-10-24-27(2)11-15)5-6-19(25-13)26-21(30)28(12-22)20(29)14-3-4-14/h5-11,14H,3-4H2,1-2H3,(H,25,26,30). The summed E-state index contributed by atoms with van der Waals surface area (Å²) in [6, 6.07) is 5.89. The van der Waals surface area contributed by atoms with Gasteiger partial charge < -0.3 is 4.74 Å². The van der Waals surface area contributed by atoms with Crippen LogP contribution in [0.15, 0.2) is 42.9 Å². The van der Waals surface area contributed by atoms with Crippen molar-refractivity contribution in [2.75, 3.05) is 5.32 Å². The average Bonchev–Trinajstić information content (AvgIpc) is 3.51. The van der Waals surface area contributed by atoms with Gasteiger partial charge in [0.15, 0.2) is 6.19 Å². The Morgan fingerprint density at radius 3 is 2.77 bits per heavy atom. The lowest BCUT2D eigenvalue weighted by atomic mass is 10.2. The van der Waals surface area contributed by atoms with Crippen LogP contribution in [0.25, 0.3) is 11.3 Å². The van der Waals surface area contributed by atoms with Gasteiger partial charge in [0.1, 0.15) is 17.3 Å². The maximum Gasteiger partial charge on any atom is 0.343 e. The van der Waals surface area contributed by atoms with Crippen LogP contribution < -0.4 is 10.1 Å². The van der Waals surface area contributed by atoms with Crippen molar-refractivity contribution < 1.29 is 14.3 Å². The van der Waals surface area contributed by atoms with Crippen molar-refractivity contribution in [3.63, 3.8) is 0 Å². The van der Waals surface area contributed by atoms with Gasteiger partial charge in [0.05, 0.1) is 17.6 Å². The molecule has 3 amide bonds. The van der Waals surface area contributed by atoms with E-state index in [0.717, 1.165) is 11.3 Å². The number of ether oxygens (including phenoxy) is 1. The Kier molecular flexibility index (Phi) is 5.32. The van der Waals surface area contributed by atoms with Crippen LogP contribution in [0.5, 0.6) is 11.5 Å². The van der Waals surface area contributed by atoms with Crippen molar-refractivity contribution in [3.05, 3.63) is 48.5 Å². The summed E-state index contributed by atoms with van der Waals surface area (Å²) in [5.41, 5.74) is 2.11. The van der Waals surface area contributed by atoms with Crippen LogP contribution in [0.3, 0.4) is 0 Å². The van der Waals surface area contributed by atoms with E-state index in [1.54, 1.807) is 54.5 Å². The molecule has 3 heterocycles. The largest absolute Gasteiger partial charge is 0.455 e. The summed E-state index contributed by atoms with van der Waals surface area (Å²) in [7, 11) is 1.83. The molecule has 3 aromatic rings. The Labute approximate surface area is 178 Å². The summed E-state index contributed by atoms with van der Waals surface area (Å²) in [6.45, 7) is 1.73. The zero-order chi connectivity index (χ0) is 22.0. The first-order chi connectivity index (χ1) is 14.9. The van der Waals surface area contributed by atoms with E-state index in [9.17, 15) is 9.59 Å². The Hall–Kier alpha value is -4.26. The van der Waals surface area contributed by atoms with Gasteiger partial charge in [-0.1, -0.05) is 0 Å². The number of nitriles is 1. The molecule has 4 rings (SSSR count). The molecular weight excluding hydrogens is 398 g/mol. The number of hydrogen-bond acceptors (Lipinski definition) is 7. The summed E-state index contributed by atoms with van der Waals surface area (Å²) < 4.78 is 7.62. The SMILES string of the molecule is Cc1nc(NC(=O)N(C#N)C(=O)C2CC2)ccc1Oc1ccnc(-c2cnn(C)c2)c1. The van der Waals surface area contributed by atoms with Gasteiger partial charge in [-0.25, -0.2) is 9.78 Å². The number of nitrogens with zero attached hydrogens (tertiary/aromatic N) is 6. The minimum absolute atomic E-state index is 0.212. The van der Waals surface area contributed by atoms with E-state index in [1.165, 1.54) is 0 Å². The van der Waals surface area contributed by atoms with Crippen LogP contribution in [0.1, 0.15) is 18.5 Å². The highest BCUT2D eigenvalue weighted by Crippen LogP contribution is 2.31. The smallest absolute Gasteiger partial charge is 0.343 e. The molecule has 1 N–H and O–H groups in total. The number of imide groups is 1. The maximum atomic E-state index is 12.3. The molecule has 31 heavy (non-hydrogen) atoms. The number of anilines is 1. The summed E-state index contributed by atoms with van der Waals surface area (Å²) in [5, 5.41) is 15.8. The van der Waals surface area contributed by atoms with Crippen LogP contribution in [-0.4, -0.2) is 36.6 Å². The van der Waals surface area contributed by atoms with Gasteiger partial charge in [-0.15, -0.1) is 0 Å². The molecule has 0 radical (unpaired) electrons. The minimum Gasteiger partial charge on any atom is -0.455 e. The molecule has 156 valence electrons. The van der Waals surface area contributed by atoms with Gasteiger partial charge >= 0.3 is 6.03 Å². The lowest BCUT2D eigenvalue weighted by Crippen LogP contribution is -2.37. The first-order valence-corrected chi connectivity index (χ1v) is 9.60. The number of pyridine rings is 2. The van der Waals surface area contributed by atoms with E-state index in [2.05, 4.69) is 20.4 Å². The molecule has 0 saturated heterocycles. The predicted octanol–water partition coefficient (Wildman–Crippen LogP) is 3.23. The van der Waals surface area contributed by atoms with Gasteiger partial charge in [-0.3, -0.25) is 19.8 Å². The number of hydrogen-bond donors (Lipinski definition) is 1. The third-order valence-corrected chi connectivity index (χ3v) is 4.68. The molecule has 0 spiro atoms. The number of amides is 3. The molecule has 1 fully saturated rings. The second kappa shape index (κ2) is 8.23. The van der Waals surface area contributed by atoms with Gasteiger partial charge in [0.2, 0.25) is 5.91 Å². The van der Waals surface area contributed by atoms with E-state index in [1.807, 2.05) is 13.2 Å². The van der Waals surface area contributed by atoms with Crippen LogP contribution in [-0.2, 0) is 11.8 Å². The van der Waals surface area contributed by atoms with Crippen molar-refractivity contribution in [1.29, 1.82) is 5.26 Å². The van der Waals surface area contributed by atoms with Gasteiger partial charge in [-0.2, -0.15) is 15.3 Å². The van der Waals surface area contributed by atoms with E-state index in [4.69, 9.17) is 10.00 Å². The Morgan fingerprint density at radius 2 is 2.13 bits per heavy atom. The number of nitrogens with one attached hydrogen (secondary N) is 1. The predicted molar refractivity (Wildman–Crippen MR) is 110 cm³/mol. The Morgan fingerprint density at radius 1 is 1.32 bits per heavy atom. The first kappa shape index (κ1) is 20.0.